The summed E-state index contributed by atoms with van der Waals surface area (Å²) in [6, 6.07) is 17.5. The van der Waals surface area contributed by atoms with Crippen molar-refractivity contribution in [2.24, 2.45) is 0 Å². The van der Waals surface area contributed by atoms with Gasteiger partial charge < -0.3 is 19.9 Å². The van der Waals surface area contributed by atoms with E-state index in [2.05, 4.69) is 22.3 Å². The Labute approximate surface area is 166 Å². The predicted molar refractivity (Wildman–Crippen MR) is 109 cm³/mol. The molecule has 0 bridgehead atoms. The van der Waals surface area contributed by atoms with Gasteiger partial charge >= 0.3 is 0 Å². The lowest BCUT2D eigenvalue weighted by molar-refractivity contribution is -0.123. The lowest BCUT2D eigenvalue weighted by Gasteiger charge is -2.25. The van der Waals surface area contributed by atoms with Gasteiger partial charge in [-0.3, -0.25) is 9.59 Å². The van der Waals surface area contributed by atoms with E-state index in [4.69, 9.17) is 4.74 Å². The summed E-state index contributed by atoms with van der Waals surface area (Å²) >= 11 is 0. The highest BCUT2D eigenvalue weighted by atomic mass is 16.5. The van der Waals surface area contributed by atoms with Crippen LogP contribution in [0.3, 0.4) is 0 Å². The van der Waals surface area contributed by atoms with Crippen LogP contribution in [-0.2, 0) is 9.59 Å². The number of rotatable bonds is 8. The first-order valence-corrected chi connectivity index (χ1v) is 9.56. The minimum atomic E-state index is -0.165. The third-order valence-corrected chi connectivity index (χ3v) is 4.89. The molecule has 1 saturated heterocycles. The molecule has 148 valence electrons. The van der Waals surface area contributed by atoms with E-state index in [-0.39, 0.29) is 24.5 Å². The molecule has 0 saturated carbocycles. The molecule has 1 atom stereocenters. The molecule has 2 aromatic rings. The molecule has 0 spiro atoms. The molecule has 2 amide bonds. The minimum Gasteiger partial charge on any atom is -0.484 e. The zero-order chi connectivity index (χ0) is 19.9. The van der Waals surface area contributed by atoms with E-state index in [1.807, 2.05) is 44.4 Å². The number of nitrogens with one attached hydrogen (secondary N) is 1. The molecule has 1 unspecified atom stereocenters. The Kier molecular flexibility index (Phi) is 6.66. The molecule has 0 aliphatic carbocycles. The standard InChI is InChI=1S/C22H27N3O3/c1-24(2)20(17-7-4-3-5-8-17)15-23-21(26)16-28-19-12-10-18(11-13-19)25-14-6-9-22(25)27/h3-5,7-8,10-13,20H,6,9,14-16H2,1-2H3,(H,23,26). The van der Waals surface area contributed by atoms with E-state index in [0.717, 1.165) is 24.2 Å². The lowest BCUT2D eigenvalue weighted by Crippen LogP contribution is -2.36. The number of hydrogen-bond acceptors (Lipinski definition) is 4. The lowest BCUT2D eigenvalue weighted by atomic mass is 10.1. The Bertz CT molecular complexity index is 790. The Hall–Kier alpha value is -2.86. The summed E-state index contributed by atoms with van der Waals surface area (Å²) in [7, 11) is 3.99. The normalized spacial score (nSPS) is 15.0. The number of benzene rings is 2. The van der Waals surface area contributed by atoms with Crippen LogP contribution in [0, 0.1) is 0 Å². The molecular formula is C22H27N3O3. The molecule has 1 N–H and O–H groups in total. The van der Waals surface area contributed by atoms with Crippen LogP contribution in [0.5, 0.6) is 5.75 Å². The maximum Gasteiger partial charge on any atom is 0.258 e. The van der Waals surface area contributed by atoms with Crippen molar-refractivity contribution in [1.29, 1.82) is 0 Å². The quantitative estimate of drug-likeness (QED) is 0.764. The van der Waals surface area contributed by atoms with Gasteiger partial charge in [-0.2, -0.15) is 0 Å². The monoisotopic (exact) mass is 381 g/mol. The number of carbonyl (C=O) groups excluding carboxylic acids is 2. The second kappa shape index (κ2) is 9.37. The number of anilines is 1. The van der Waals surface area contributed by atoms with E-state index in [9.17, 15) is 9.59 Å². The van der Waals surface area contributed by atoms with Crippen LogP contribution in [0.2, 0.25) is 0 Å². The van der Waals surface area contributed by atoms with Crippen LogP contribution in [-0.4, -0.2) is 50.5 Å². The van der Waals surface area contributed by atoms with Gasteiger partial charge in [0.15, 0.2) is 6.61 Å². The molecular weight excluding hydrogens is 354 g/mol. The molecule has 1 fully saturated rings. The zero-order valence-corrected chi connectivity index (χ0v) is 16.4. The van der Waals surface area contributed by atoms with E-state index < -0.39 is 0 Å². The fourth-order valence-electron chi connectivity index (χ4n) is 3.33. The van der Waals surface area contributed by atoms with Crippen LogP contribution in [0.4, 0.5) is 5.69 Å². The SMILES string of the molecule is CN(C)C(CNC(=O)COc1ccc(N2CCCC2=O)cc1)c1ccccc1. The third-order valence-electron chi connectivity index (χ3n) is 4.89. The van der Waals surface area contributed by atoms with Crippen LogP contribution >= 0.6 is 0 Å². The Morgan fingerprint density at radius 3 is 2.46 bits per heavy atom. The molecule has 1 heterocycles. The van der Waals surface area contributed by atoms with E-state index in [0.29, 0.717) is 18.7 Å². The van der Waals surface area contributed by atoms with Gasteiger partial charge in [-0.1, -0.05) is 30.3 Å². The van der Waals surface area contributed by atoms with Crippen LogP contribution in [0.1, 0.15) is 24.4 Å². The van der Waals surface area contributed by atoms with Gasteiger partial charge in [0.2, 0.25) is 5.91 Å². The second-order valence-electron chi connectivity index (χ2n) is 7.13. The van der Waals surface area contributed by atoms with E-state index in [1.165, 1.54) is 0 Å². The molecule has 1 aliphatic heterocycles. The van der Waals surface area contributed by atoms with Crippen molar-refractivity contribution in [1.82, 2.24) is 10.2 Å². The van der Waals surface area contributed by atoms with Crippen molar-refractivity contribution in [3.63, 3.8) is 0 Å². The summed E-state index contributed by atoms with van der Waals surface area (Å²) in [4.78, 5) is 27.8. The summed E-state index contributed by atoms with van der Waals surface area (Å²) in [5, 5.41) is 2.94. The number of carbonyl (C=O) groups is 2. The van der Waals surface area contributed by atoms with Gasteiger partial charge in [-0.25, -0.2) is 0 Å². The summed E-state index contributed by atoms with van der Waals surface area (Å²) in [5.41, 5.74) is 2.02. The Balaban J connectivity index is 1.48. The second-order valence-corrected chi connectivity index (χ2v) is 7.13. The van der Waals surface area contributed by atoms with Gasteiger partial charge in [0.1, 0.15) is 5.75 Å². The highest BCUT2D eigenvalue weighted by Crippen LogP contribution is 2.24. The first kappa shape index (κ1) is 19.9. The molecule has 2 aromatic carbocycles. The van der Waals surface area contributed by atoms with Gasteiger partial charge in [-0.15, -0.1) is 0 Å². The number of ether oxygens (including phenoxy) is 1. The number of nitrogens with zero attached hydrogens (tertiary/aromatic N) is 2. The zero-order valence-electron chi connectivity index (χ0n) is 16.4. The van der Waals surface area contributed by atoms with Crippen molar-refractivity contribution < 1.29 is 14.3 Å². The van der Waals surface area contributed by atoms with E-state index >= 15 is 0 Å². The van der Waals surface area contributed by atoms with Crippen LogP contribution < -0.4 is 15.0 Å². The largest absolute Gasteiger partial charge is 0.484 e. The van der Waals surface area contributed by atoms with Crippen LogP contribution in [0.25, 0.3) is 0 Å². The predicted octanol–water partition coefficient (Wildman–Crippen LogP) is 2.61. The fourth-order valence-corrected chi connectivity index (χ4v) is 3.33. The first-order valence-electron chi connectivity index (χ1n) is 9.56. The number of amides is 2. The highest BCUT2D eigenvalue weighted by molar-refractivity contribution is 5.95. The smallest absolute Gasteiger partial charge is 0.258 e. The van der Waals surface area contributed by atoms with Gasteiger partial charge in [0, 0.05) is 25.2 Å². The van der Waals surface area contributed by atoms with Crippen molar-refractivity contribution in [2.75, 3.05) is 38.7 Å². The maximum atomic E-state index is 12.2. The number of hydrogen-bond donors (Lipinski definition) is 1. The van der Waals surface area contributed by atoms with Crippen LogP contribution in [0.15, 0.2) is 54.6 Å². The van der Waals surface area contributed by atoms with Crippen molar-refractivity contribution in [2.45, 2.75) is 18.9 Å². The van der Waals surface area contributed by atoms with E-state index in [1.54, 1.807) is 17.0 Å². The molecule has 3 rings (SSSR count). The third kappa shape index (κ3) is 5.10. The first-order chi connectivity index (χ1) is 13.5. The average molecular weight is 381 g/mol. The summed E-state index contributed by atoms with van der Waals surface area (Å²) in [5.74, 6) is 0.598. The molecule has 0 radical (unpaired) electrons. The molecule has 6 heteroatoms. The highest BCUT2D eigenvalue weighted by Gasteiger charge is 2.21. The fraction of sp³-hybridized carbons (Fsp3) is 0.364. The van der Waals surface area contributed by atoms with Gasteiger partial charge in [-0.05, 0) is 50.3 Å². The Morgan fingerprint density at radius 1 is 1.14 bits per heavy atom. The average Bonchev–Trinajstić information content (AvgIpc) is 3.13. The molecule has 0 aromatic heterocycles. The van der Waals surface area contributed by atoms with Gasteiger partial charge in [0.05, 0.1) is 6.04 Å². The summed E-state index contributed by atoms with van der Waals surface area (Å²) in [6.07, 6.45) is 1.50. The topological polar surface area (TPSA) is 61.9 Å². The van der Waals surface area contributed by atoms with Crippen molar-refractivity contribution >= 4 is 17.5 Å². The van der Waals surface area contributed by atoms with Gasteiger partial charge in [0.25, 0.3) is 5.91 Å². The van der Waals surface area contributed by atoms with Crippen molar-refractivity contribution in [3.8, 4) is 5.75 Å². The molecule has 28 heavy (non-hydrogen) atoms. The van der Waals surface area contributed by atoms with Crippen molar-refractivity contribution in [3.05, 3.63) is 60.2 Å². The molecule has 6 nitrogen and oxygen atoms in total. The minimum absolute atomic E-state index is 0.0447. The maximum absolute atomic E-state index is 12.2. The molecule has 1 aliphatic rings. The number of likely N-dealkylation sites (N-methyl/N-ethyl adjacent to an activating group) is 1. The summed E-state index contributed by atoms with van der Waals surface area (Å²) in [6.45, 7) is 1.22. The summed E-state index contributed by atoms with van der Waals surface area (Å²) < 4.78 is 5.58. The Morgan fingerprint density at radius 2 is 1.86 bits per heavy atom.